The maximum absolute atomic E-state index is 10.6. The lowest BCUT2D eigenvalue weighted by atomic mass is 10.6. The second-order valence-electron chi connectivity index (χ2n) is 1.50. The number of alkyl halides is 4. The first-order valence-corrected chi connectivity index (χ1v) is 5.71. The van der Waals surface area contributed by atoms with Crippen LogP contribution in [0.15, 0.2) is 12.7 Å². The standard InChI is InChI=1S/C5H4Br4O2/c1-2-3(10)11-4(6)5(7,8)9/h2,4H,1H2. The smallest absolute Gasteiger partial charge is 0.331 e. The van der Waals surface area contributed by atoms with Crippen molar-refractivity contribution in [1.82, 2.24) is 0 Å². The zero-order valence-electron chi connectivity index (χ0n) is 5.19. The lowest BCUT2D eigenvalue weighted by molar-refractivity contribution is -0.138. The molecule has 6 heteroatoms. The maximum Gasteiger partial charge on any atom is 0.331 e. The Morgan fingerprint density at radius 1 is 1.55 bits per heavy atom. The van der Waals surface area contributed by atoms with E-state index < -0.39 is 13.1 Å². The fraction of sp³-hybridized carbons (Fsp3) is 0.400. The first-order valence-electron chi connectivity index (χ1n) is 2.41. The highest BCUT2D eigenvalue weighted by Gasteiger charge is 2.31. The van der Waals surface area contributed by atoms with E-state index in [1.807, 2.05) is 0 Å². The summed E-state index contributed by atoms with van der Waals surface area (Å²) in [6, 6.07) is 0. The minimum Gasteiger partial charge on any atom is -0.444 e. The van der Waals surface area contributed by atoms with Crippen LogP contribution in [0.5, 0.6) is 0 Å². The molecule has 0 saturated heterocycles. The molecule has 11 heavy (non-hydrogen) atoms. The highest BCUT2D eigenvalue weighted by molar-refractivity contribution is 9.40. The molecule has 1 unspecified atom stereocenters. The van der Waals surface area contributed by atoms with Crippen LogP contribution >= 0.6 is 63.7 Å². The van der Waals surface area contributed by atoms with Crippen molar-refractivity contribution >= 4 is 69.7 Å². The normalized spacial score (nSPS) is 13.8. The molecule has 0 aliphatic carbocycles. The Kier molecular flexibility index (Phi) is 5.50. The molecule has 0 bridgehead atoms. The molecule has 2 nitrogen and oxygen atoms in total. The van der Waals surface area contributed by atoms with Crippen molar-refractivity contribution < 1.29 is 9.53 Å². The number of hydrogen-bond donors (Lipinski definition) is 0. The molecule has 0 fully saturated rings. The third-order valence-electron chi connectivity index (χ3n) is 0.644. The SMILES string of the molecule is C=CC(=O)OC(Br)C(Br)(Br)Br. The van der Waals surface area contributed by atoms with Gasteiger partial charge in [0.25, 0.3) is 0 Å². The van der Waals surface area contributed by atoms with Crippen LogP contribution < -0.4 is 0 Å². The van der Waals surface area contributed by atoms with Gasteiger partial charge in [-0.2, -0.15) is 0 Å². The van der Waals surface area contributed by atoms with Gasteiger partial charge < -0.3 is 4.74 Å². The van der Waals surface area contributed by atoms with E-state index >= 15 is 0 Å². The van der Waals surface area contributed by atoms with Gasteiger partial charge in [-0.1, -0.05) is 54.4 Å². The predicted molar refractivity (Wildman–Crippen MR) is 58.5 cm³/mol. The molecule has 0 aliphatic heterocycles. The molecule has 64 valence electrons. The third-order valence-corrected chi connectivity index (χ3v) is 4.61. The first kappa shape index (κ1) is 12.1. The fourth-order valence-electron chi connectivity index (χ4n) is 0.217. The van der Waals surface area contributed by atoms with Gasteiger partial charge in [0.1, 0.15) is 0 Å². The Bertz CT molecular complexity index is 162. The topological polar surface area (TPSA) is 26.3 Å². The average molecular weight is 416 g/mol. The summed E-state index contributed by atoms with van der Waals surface area (Å²) in [5.74, 6) is -0.491. The Morgan fingerprint density at radius 3 is 2.27 bits per heavy atom. The molecule has 0 aromatic rings. The second kappa shape index (κ2) is 4.99. The Balaban J connectivity index is 3.97. The third kappa shape index (κ3) is 5.38. The van der Waals surface area contributed by atoms with Crippen molar-refractivity contribution in [3.05, 3.63) is 12.7 Å². The molecule has 0 radical (unpaired) electrons. The highest BCUT2D eigenvalue weighted by Crippen LogP contribution is 2.41. The number of ether oxygens (including phenoxy) is 1. The van der Waals surface area contributed by atoms with Crippen molar-refractivity contribution in [2.45, 2.75) is 7.16 Å². The van der Waals surface area contributed by atoms with Gasteiger partial charge in [-0.05, 0) is 15.9 Å². The molecule has 0 spiro atoms. The zero-order chi connectivity index (χ0) is 9.07. The molecule has 0 amide bonds. The van der Waals surface area contributed by atoms with E-state index in [1.165, 1.54) is 0 Å². The molecule has 0 aliphatic rings. The summed E-state index contributed by atoms with van der Waals surface area (Å²) in [7, 11) is 0. The van der Waals surface area contributed by atoms with Crippen LogP contribution in [0, 0.1) is 0 Å². The highest BCUT2D eigenvalue weighted by atomic mass is 80.0. The maximum atomic E-state index is 10.6. The van der Waals surface area contributed by atoms with Crippen LogP contribution in [0.4, 0.5) is 0 Å². The number of carbonyl (C=O) groups excluding carboxylic acids is 1. The van der Waals surface area contributed by atoms with E-state index in [4.69, 9.17) is 4.74 Å². The molecule has 0 saturated carbocycles. The first-order chi connectivity index (χ1) is 4.88. The fourth-order valence-corrected chi connectivity index (χ4v) is 0.681. The summed E-state index contributed by atoms with van der Waals surface area (Å²) in [4.78, 5) is 10.6. The van der Waals surface area contributed by atoms with E-state index in [-0.39, 0.29) is 0 Å². The van der Waals surface area contributed by atoms with Crippen molar-refractivity contribution in [3.63, 3.8) is 0 Å². The summed E-state index contributed by atoms with van der Waals surface area (Å²) < 4.78 is 4.14. The second-order valence-corrected chi connectivity index (χ2v) is 9.28. The van der Waals surface area contributed by atoms with Crippen LogP contribution in [0.25, 0.3) is 0 Å². The predicted octanol–water partition coefficient (Wildman–Crippen LogP) is 3.28. The van der Waals surface area contributed by atoms with Gasteiger partial charge in [0.05, 0.1) is 0 Å². The van der Waals surface area contributed by atoms with E-state index in [9.17, 15) is 4.79 Å². The molecule has 1 atom stereocenters. The summed E-state index contributed by atoms with van der Waals surface area (Å²) in [6.07, 6.45) is 1.09. The minimum absolute atomic E-state index is 0.491. The lowest BCUT2D eigenvalue weighted by Gasteiger charge is -2.18. The number of esters is 1. The summed E-state index contributed by atoms with van der Waals surface area (Å²) in [5, 5.41) is -0.513. The van der Waals surface area contributed by atoms with Crippen LogP contribution in [0.2, 0.25) is 0 Å². The van der Waals surface area contributed by atoms with E-state index in [1.54, 1.807) is 0 Å². The monoisotopic (exact) mass is 412 g/mol. The Morgan fingerprint density at radius 2 is 2.00 bits per heavy atom. The number of hydrogen-bond acceptors (Lipinski definition) is 2. The Labute approximate surface area is 98.3 Å². The summed E-state index contributed by atoms with van der Waals surface area (Å²) in [6.45, 7) is 3.25. The van der Waals surface area contributed by atoms with Crippen LogP contribution in [0.3, 0.4) is 0 Å². The van der Waals surface area contributed by atoms with Gasteiger partial charge >= 0.3 is 5.97 Å². The van der Waals surface area contributed by atoms with Crippen molar-refractivity contribution in [3.8, 4) is 0 Å². The quantitative estimate of drug-likeness (QED) is 0.393. The number of halogens is 4. The largest absolute Gasteiger partial charge is 0.444 e. The number of carbonyl (C=O) groups is 1. The van der Waals surface area contributed by atoms with Crippen LogP contribution in [-0.4, -0.2) is 13.1 Å². The summed E-state index contributed by atoms with van der Waals surface area (Å²) in [5.41, 5.74) is 0. The molecule has 0 aromatic heterocycles. The Hall–Kier alpha value is 1.13. The van der Waals surface area contributed by atoms with E-state index in [2.05, 4.69) is 70.3 Å². The number of rotatable bonds is 2. The molecular weight excluding hydrogens is 412 g/mol. The van der Waals surface area contributed by atoms with E-state index in [0.717, 1.165) is 6.08 Å². The summed E-state index contributed by atoms with van der Waals surface area (Å²) >= 11 is 12.6. The van der Waals surface area contributed by atoms with Gasteiger partial charge in [0, 0.05) is 6.08 Å². The van der Waals surface area contributed by atoms with Crippen LogP contribution in [0.1, 0.15) is 0 Å². The molecule has 0 rings (SSSR count). The molecule has 0 aromatic carbocycles. The van der Waals surface area contributed by atoms with Gasteiger partial charge in [-0.25, -0.2) is 4.79 Å². The average Bonchev–Trinajstić information content (AvgIpc) is 1.85. The lowest BCUT2D eigenvalue weighted by Crippen LogP contribution is -2.22. The molecular formula is C5H4Br4O2. The van der Waals surface area contributed by atoms with Gasteiger partial charge in [-0.3, -0.25) is 0 Å². The van der Waals surface area contributed by atoms with Crippen LogP contribution in [-0.2, 0) is 9.53 Å². The van der Waals surface area contributed by atoms with Crippen molar-refractivity contribution in [2.75, 3.05) is 0 Å². The van der Waals surface area contributed by atoms with Gasteiger partial charge in [-0.15, -0.1) is 0 Å². The van der Waals surface area contributed by atoms with Crippen molar-refractivity contribution in [1.29, 1.82) is 0 Å². The van der Waals surface area contributed by atoms with Gasteiger partial charge in [0.15, 0.2) is 7.16 Å². The van der Waals surface area contributed by atoms with E-state index in [0.29, 0.717) is 0 Å². The minimum atomic E-state index is -0.647. The van der Waals surface area contributed by atoms with Crippen molar-refractivity contribution in [2.24, 2.45) is 0 Å². The zero-order valence-corrected chi connectivity index (χ0v) is 11.5. The molecule has 0 N–H and O–H groups in total. The molecule has 0 heterocycles. The van der Waals surface area contributed by atoms with Gasteiger partial charge in [0.2, 0.25) is 0 Å².